The number of methoxy groups -OCH3 is 3. The van der Waals surface area contributed by atoms with Crippen molar-refractivity contribution in [2.45, 2.75) is 12.5 Å². The van der Waals surface area contributed by atoms with Crippen LogP contribution >= 0.6 is 0 Å². The summed E-state index contributed by atoms with van der Waals surface area (Å²) in [5.74, 6) is 1.86. The Morgan fingerprint density at radius 3 is 1.53 bits per heavy atom. The van der Waals surface area contributed by atoms with Gasteiger partial charge in [-0.1, -0.05) is 61.5 Å². The topological polar surface area (TPSA) is 36.9 Å². The lowest BCUT2D eigenvalue weighted by molar-refractivity contribution is -0.0189. The molecule has 0 spiro atoms. The van der Waals surface area contributed by atoms with Gasteiger partial charge in [0.25, 0.3) is 0 Å². The molecular formula is C26H30O4. The van der Waals surface area contributed by atoms with E-state index in [0.717, 1.165) is 28.2 Å². The van der Waals surface area contributed by atoms with Crippen LogP contribution in [0.1, 0.15) is 23.6 Å². The fraction of sp³-hybridized carbons (Fsp3) is 0.308. The molecule has 0 fully saturated rings. The molecule has 0 N–H and O–H groups in total. The summed E-state index contributed by atoms with van der Waals surface area (Å²) in [7, 11) is 5.06. The summed E-state index contributed by atoms with van der Waals surface area (Å²) in [5.41, 5.74) is 2.35. The summed E-state index contributed by atoms with van der Waals surface area (Å²) < 4.78 is 22.9. The summed E-state index contributed by atoms with van der Waals surface area (Å²) in [6, 6.07) is 26.5. The molecule has 3 aromatic carbocycles. The van der Waals surface area contributed by atoms with E-state index in [0.29, 0.717) is 13.2 Å². The van der Waals surface area contributed by atoms with Gasteiger partial charge in [0, 0.05) is 13.0 Å². The molecule has 0 amide bonds. The molecule has 0 aliphatic heterocycles. The highest BCUT2D eigenvalue weighted by Gasteiger charge is 2.38. The first kappa shape index (κ1) is 21.9. The van der Waals surface area contributed by atoms with Gasteiger partial charge in [-0.25, -0.2) is 0 Å². The Hall–Kier alpha value is -2.82. The molecule has 3 rings (SSSR count). The van der Waals surface area contributed by atoms with Gasteiger partial charge < -0.3 is 18.9 Å². The van der Waals surface area contributed by atoms with E-state index in [1.165, 1.54) is 0 Å². The van der Waals surface area contributed by atoms with Gasteiger partial charge in [-0.15, -0.1) is 0 Å². The number of benzene rings is 3. The van der Waals surface area contributed by atoms with Crippen LogP contribution in [0, 0.1) is 5.92 Å². The molecule has 0 aromatic heterocycles. The highest BCUT2D eigenvalue weighted by molar-refractivity contribution is 5.49. The zero-order valence-electron chi connectivity index (χ0n) is 18.1. The minimum absolute atomic E-state index is 0.245. The number of hydrogen-bond acceptors (Lipinski definition) is 4. The smallest absolute Gasteiger partial charge is 0.143 e. The first-order valence-electron chi connectivity index (χ1n) is 10.1. The average Bonchev–Trinajstić information content (AvgIpc) is 2.81. The van der Waals surface area contributed by atoms with Gasteiger partial charge in [-0.3, -0.25) is 0 Å². The maximum atomic E-state index is 6.79. The highest BCUT2D eigenvalue weighted by Crippen LogP contribution is 2.41. The van der Waals surface area contributed by atoms with Crippen LogP contribution < -0.4 is 9.47 Å². The summed E-state index contributed by atoms with van der Waals surface area (Å²) in [5, 5.41) is 0. The van der Waals surface area contributed by atoms with Crippen molar-refractivity contribution in [1.29, 1.82) is 0 Å². The summed E-state index contributed by atoms with van der Waals surface area (Å²) in [6.45, 7) is 3.30. The summed E-state index contributed by atoms with van der Waals surface area (Å²) in [4.78, 5) is 0. The lowest BCUT2D eigenvalue weighted by Crippen LogP contribution is -2.35. The van der Waals surface area contributed by atoms with Crippen molar-refractivity contribution in [1.82, 2.24) is 0 Å². The molecule has 0 heterocycles. The van der Waals surface area contributed by atoms with Gasteiger partial charge in [-0.2, -0.15) is 0 Å². The van der Waals surface area contributed by atoms with Crippen molar-refractivity contribution in [2.24, 2.45) is 5.92 Å². The fourth-order valence-corrected chi connectivity index (χ4v) is 3.67. The standard InChI is InChI=1S/C26H30O4/c1-20(18-27-2)19-30-26(21-8-6-5-7-9-21,22-10-14-24(28-3)15-11-22)23-12-16-25(29-4)17-13-23/h5-17,20H,18-19H2,1-4H3. The van der Waals surface area contributed by atoms with E-state index in [-0.39, 0.29) is 5.92 Å². The third kappa shape index (κ3) is 4.66. The predicted octanol–water partition coefficient (Wildman–Crippen LogP) is 5.29. The number of rotatable bonds is 10. The Morgan fingerprint density at radius 1 is 0.633 bits per heavy atom. The first-order chi connectivity index (χ1) is 14.6. The van der Waals surface area contributed by atoms with Crippen molar-refractivity contribution in [3.8, 4) is 11.5 Å². The van der Waals surface area contributed by atoms with Crippen LogP contribution in [0.15, 0.2) is 78.9 Å². The van der Waals surface area contributed by atoms with Crippen LogP contribution in [0.2, 0.25) is 0 Å². The van der Waals surface area contributed by atoms with Crippen LogP contribution in [-0.2, 0) is 15.1 Å². The molecule has 1 unspecified atom stereocenters. The molecule has 0 saturated heterocycles. The quantitative estimate of drug-likeness (QED) is 0.429. The summed E-state index contributed by atoms with van der Waals surface area (Å²) in [6.07, 6.45) is 0. The van der Waals surface area contributed by atoms with E-state index in [9.17, 15) is 0 Å². The number of ether oxygens (including phenoxy) is 4. The SMILES string of the molecule is COCC(C)COC(c1ccccc1)(c1ccc(OC)cc1)c1ccc(OC)cc1. The van der Waals surface area contributed by atoms with Gasteiger partial charge in [0.2, 0.25) is 0 Å². The molecule has 3 aromatic rings. The minimum atomic E-state index is -0.776. The normalized spacial score (nSPS) is 12.4. The molecule has 158 valence electrons. The monoisotopic (exact) mass is 406 g/mol. The van der Waals surface area contributed by atoms with Crippen molar-refractivity contribution in [2.75, 3.05) is 34.5 Å². The second-order valence-corrected chi connectivity index (χ2v) is 7.38. The largest absolute Gasteiger partial charge is 0.497 e. The van der Waals surface area contributed by atoms with Crippen molar-refractivity contribution in [3.63, 3.8) is 0 Å². The van der Waals surface area contributed by atoms with Gasteiger partial charge in [0.05, 0.1) is 27.4 Å². The van der Waals surface area contributed by atoms with Crippen LogP contribution in [0.4, 0.5) is 0 Å². The predicted molar refractivity (Wildman–Crippen MR) is 119 cm³/mol. The molecule has 4 nitrogen and oxygen atoms in total. The molecular weight excluding hydrogens is 376 g/mol. The van der Waals surface area contributed by atoms with Crippen molar-refractivity contribution in [3.05, 3.63) is 95.6 Å². The van der Waals surface area contributed by atoms with Crippen molar-refractivity contribution >= 4 is 0 Å². The van der Waals surface area contributed by atoms with Crippen LogP contribution in [0.5, 0.6) is 11.5 Å². The molecule has 0 aliphatic carbocycles. The second kappa shape index (κ2) is 10.3. The van der Waals surface area contributed by atoms with E-state index in [1.807, 2.05) is 42.5 Å². The third-order valence-electron chi connectivity index (χ3n) is 5.21. The zero-order valence-corrected chi connectivity index (χ0v) is 18.1. The van der Waals surface area contributed by atoms with Crippen LogP contribution in [0.3, 0.4) is 0 Å². The Morgan fingerprint density at radius 2 is 1.10 bits per heavy atom. The molecule has 0 radical (unpaired) electrons. The van der Waals surface area contributed by atoms with E-state index in [1.54, 1.807) is 21.3 Å². The van der Waals surface area contributed by atoms with Gasteiger partial charge in [-0.05, 0) is 41.0 Å². The molecule has 4 heteroatoms. The first-order valence-corrected chi connectivity index (χ1v) is 10.1. The maximum absolute atomic E-state index is 6.79. The maximum Gasteiger partial charge on any atom is 0.143 e. The second-order valence-electron chi connectivity index (χ2n) is 7.38. The molecule has 30 heavy (non-hydrogen) atoms. The molecule has 0 aliphatic rings. The van der Waals surface area contributed by atoms with E-state index >= 15 is 0 Å². The Labute approximate surface area is 179 Å². The average molecular weight is 407 g/mol. The van der Waals surface area contributed by atoms with Crippen molar-refractivity contribution < 1.29 is 18.9 Å². The Kier molecular flexibility index (Phi) is 7.50. The summed E-state index contributed by atoms with van der Waals surface area (Å²) >= 11 is 0. The van der Waals surface area contributed by atoms with Crippen LogP contribution in [0.25, 0.3) is 0 Å². The Bertz CT molecular complexity index is 841. The molecule has 0 saturated carbocycles. The molecule has 0 bridgehead atoms. The molecule has 1 atom stereocenters. The highest BCUT2D eigenvalue weighted by atomic mass is 16.5. The van der Waals surface area contributed by atoms with E-state index < -0.39 is 5.60 Å². The van der Waals surface area contributed by atoms with Gasteiger partial charge in [0.15, 0.2) is 0 Å². The van der Waals surface area contributed by atoms with Gasteiger partial charge >= 0.3 is 0 Å². The third-order valence-corrected chi connectivity index (χ3v) is 5.21. The van der Waals surface area contributed by atoms with Gasteiger partial charge in [0.1, 0.15) is 17.1 Å². The Balaban J connectivity index is 2.18. The van der Waals surface area contributed by atoms with E-state index in [4.69, 9.17) is 18.9 Å². The minimum Gasteiger partial charge on any atom is -0.497 e. The van der Waals surface area contributed by atoms with Crippen LogP contribution in [-0.4, -0.2) is 34.5 Å². The number of hydrogen-bond donors (Lipinski definition) is 0. The lowest BCUT2D eigenvalue weighted by atomic mass is 9.80. The zero-order chi connectivity index (χ0) is 21.4. The van der Waals surface area contributed by atoms with E-state index in [2.05, 4.69) is 43.3 Å². The fourth-order valence-electron chi connectivity index (χ4n) is 3.67. The lowest BCUT2D eigenvalue weighted by Gasteiger charge is -2.37.